The Morgan fingerprint density at radius 3 is 2.29 bits per heavy atom. The van der Waals surface area contributed by atoms with E-state index < -0.39 is 11.9 Å². The first-order chi connectivity index (χ1) is 10.2. The molecule has 0 saturated heterocycles. The fraction of sp³-hybridized carbons (Fsp3) is 0.500. The molecular formula is C16H21NO4. The Bertz CT molecular complexity index is 492. The lowest BCUT2D eigenvalue weighted by molar-refractivity contribution is -0.150. The van der Waals surface area contributed by atoms with E-state index in [2.05, 4.69) is 5.32 Å². The summed E-state index contributed by atoms with van der Waals surface area (Å²) in [5.41, 5.74) is 0.646. The number of hydrogen-bond donors (Lipinski definition) is 1. The van der Waals surface area contributed by atoms with Crippen molar-refractivity contribution in [1.82, 2.24) is 0 Å². The second-order valence-corrected chi connectivity index (χ2v) is 5.26. The van der Waals surface area contributed by atoms with Crippen LogP contribution in [0.15, 0.2) is 24.3 Å². The first kappa shape index (κ1) is 15.4. The smallest absolute Gasteiger partial charge is 0.318 e. The van der Waals surface area contributed by atoms with Crippen LogP contribution in [0.5, 0.6) is 5.75 Å². The Kier molecular flexibility index (Phi) is 5.20. The van der Waals surface area contributed by atoms with Crippen molar-refractivity contribution in [3.63, 3.8) is 0 Å². The monoisotopic (exact) mass is 291 g/mol. The lowest BCUT2D eigenvalue weighted by Gasteiger charge is -2.20. The number of carbonyl (C=O) groups excluding carboxylic acids is 2. The van der Waals surface area contributed by atoms with Crippen LogP contribution in [0, 0.1) is 11.8 Å². The van der Waals surface area contributed by atoms with Crippen LogP contribution in [0.2, 0.25) is 0 Å². The zero-order valence-electron chi connectivity index (χ0n) is 12.4. The fourth-order valence-electron chi connectivity index (χ4n) is 2.83. The van der Waals surface area contributed by atoms with Gasteiger partial charge in [-0.25, -0.2) is 0 Å². The van der Waals surface area contributed by atoms with Gasteiger partial charge in [0.15, 0.2) is 0 Å². The number of carbonyl (C=O) groups is 2. The molecule has 114 valence electrons. The zero-order valence-corrected chi connectivity index (χ0v) is 12.4. The normalized spacial score (nSPS) is 16.3. The minimum absolute atomic E-state index is 0.0794. The number of amides is 1. The van der Waals surface area contributed by atoms with Crippen molar-refractivity contribution >= 4 is 17.6 Å². The van der Waals surface area contributed by atoms with Crippen molar-refractivity contribution in [1.29, 1.82) is 0 Å². The van der Waals surface area contributed by atoms with Gasteiger partial charge in [-0.3, -0.25) is 9.59 Å². The zero-order chi connectivity index (χ0) is 15.2. The second-order valence-electron chi connectivity index (χ2n) is 5.26. The van der Waals surface area contributed by atoms with Crippen molar-refractivity contribution in [2.45, 2.75) is 25.7 Å². The Hall–Kier alpha value is -2.04. The van der Waals surface area contributed by atoms with Gasteiger partial charge in [-0.2, -0.15) is 0 Å². The maximum absolute atomic E-state index is 12.4. The quantitative estimate of drug-likeness (QED) is 0.669. The van der Waals surface area contributed by atoms with E-state index in [-0.39, 0.29) is 11.8 Å². The molecule has 1 aromatic carbocycles. The van der Waals surface area contributed by atoms with E-state index in [0.29, 0.717) is 11.4 Å². The van der Waals surface area contributed by atoms with Gasteiger partial charge in [-0.1, -0.05) is 12.8 Å². The molecule has 1 aliphatic carbocycles. The molecule has 1 atom stereocenters. The number of nitrogens with one attached hydrogen (secondary N) is 1. The Morgan fingerprint density at radius 2 is 1.76 bits per heavy atom. The fourth-order valence-corrected chi connectivity index (χ4v) is 2.83. The third kappa shape index (κ3) is 3.74. The number of hydrogen-bond acceptors (Lipinski definition) is 4. The number of methoxy groups -OCH3 is 2. The van der Waals surface area contributed by atoms with E-state index >= 15 is 0 Å². The number of rotatable bonds is 5. The van der Waals surface area contributed by atoms with Gasteiger partial charge in [0.25, 0.3) is 0 Å². The molecule has 2 rings (SSSR count). The standard InChI is InChI=1S/C16H21NO4/c1-20-13-9-7-12(8-10-13)17-15(18)14(16(19)21-2)11-5-3-4-6-11/h7-11,14H,3-6H2,1-2H3,(H,17,18)/t14-/m1/s1. The highest BCUT2D eigenvalue weighted by molar-refractivity contribution is 6.05. The lowest BCUT2D eigenvalue weighted by Crippen LogP contribution is -2.35. The molecule has 1 N–H and O–H groups in total. The predicted molar refractivity (Wildman–Crippen MR) is 79.1 cm³/mol. The van der Waals surface area contributed by atoms with E-state index in [1.807, 2.05) is 0 Å². The van der Waals surface area contributed by atoms with Gasteiger partial charge >= 0.3 is 5.97 Å². The van der Waals surface area contributed by atoms with Crippen molar-refractivity contribution in [2.75, 3.05) is 19.5 Å². The molecule has 21 heavy (non-hydrogen) atoms. The molecule has 1 aromatic rings. The highest BCUT2D eigenvalue weighted by atomic mass is 16.5. The van der Waals surface area contributed by atoms with Crippen molar-refractivity contribution in [3.8, 4) is 5.75 Å². The molecule has 5 heteroatoms. The number of esters is 1. The summed E-state index contributed by atoms with van der Waals surface area (Å²) in [7, 11) is 2.91. The van der Waals surface area contributed by atoms with Gasteiger partial charge in [0, 0.05) is 5.69 Å². The van der Waals surface area contributed by atoms with Gasteiger partial charge in [0.2, 0.25) is 5.91 Å². The summed E-state index contributed by atoms with van der Waals surface area (Å²) in [4.78, 5) is 24.3. The highest BCUT2D eigenvalue weighted by Gasteiger charge is 2.37. The molecule has 1 amide bonds. The van der Waals surface area contributed by atoms with E-state index in [4.69, 9.17) is 9.47 Å². The molecule has 0 bridgehead atoms. The van der Waals surface area contributed by atoms with Gasteiger partial charge in [-0.05, 0) is 43.0 Å². The molecule has 0 heterocycles. The Balaban J connectivity index is 2.08. The Morgan fingerprint density at radius 1 is 1.14 bits per heavy atom. The van der Waals surface area contributed by atoms with Crippen LogP contribution >= 0.6 is 0 Å². The first-order valence-corrected chi connectivity index (χ1v) is 7.18. The van der Waals surface area contributed by atoms with Gasteiger partial charge in [-0.15, -0.1) is 0 Å². The molecule has 0 aliphatic heterocycles. The number of ether oxygens (including phenoxy) is 2. The summed E-state index contributed by atoms with van der Waals surface area (Å²) in [6.45, 7) is 0. The highest BCUT2D eigenvalue weighted by Crippen LogP contribution is 2.33. The first-order valence-electron chi connectivity index (χ1n) is 7.18. The third-order valence-corrected chi connectivity index (χ3v) is 3.97. The minimum Gasteiger partial charge on any atom is -0.497 e. The van der Waals surface area contributed by atoms with Crippen LogP contribution in [0.3, 0.4) is 0 Å². The topological polar surface area (TPSA) is 64.6 Å². The summed E-state index contributed by atoms with van der Waals surface area (Å²) in [6.07, 6.45) is 3.92. The molecule has 5 nitrogen and oxygen atoms in total. The summed E-state index contributed by atoms with van der Waals surface area (Å²) in [5, 5.41) is 2.79. The van der Waals surface area contributed by atoms with E-state index in [9.17, 15) is 9.59 Å². The second kappa shape index (κ2) is 7.11. The molecule has 1 fully saturated rings. The maximum atomic E-state index is 12.4. The maximum Gasteiger partial charge on any atom is 0.318 e. The lowest BCUT2D eigenvalue weighted by atomic mass is 9.90. The van der Waals surface area contributed by atoms with E-state index in [1.54, 1.807) is 31.4 Å². The summed E-state index contributed by atoms with van der Waals surface area (Å²) in [5.74, 6) is -0.671. The summed E-state index contributed by atoms with van der Waals surface area (Å²) < 4.78 is 9.87. The van der Waals surface area contributed by atoms with Crippen molar-refractivity contribution in [3.05, 3.63) is 24.3 Å². The van der Waals surface area contributed by atoms with Gasteiger partial charge in [0.05, 0.1) is 14.2 Å². The van der Waals surface area contributed by atoms with Crippen LogP contribution < -0.4 is 10.1 Å². The minimum atomic E-state index is -0.723. The molecule has 1 saturated carbocycles. The largest absolute Gasteiger partial charge is 0.497 e. The summed E-state index contributed by atoms with van der Waals surface area (Å²) in [6, 6.07) is 7.02. The van der Waals surface area contributed by atoms with Crippen LogP contribution in [-0.2, 0) is 14.3 Å². The summed E-state index contributed by atoms with van der Waals surface area (Å²) >= 11 is 0. The van der Waals surface area contributed by atoms with Crippen LogP contribution in [0.4, 0.5) is 5.69 Å². The van der Waals surface area contributed by atoms with Crippen LogP contribution in [-0.4, -0.2) is 26.1 Å². The Labute approximate surface area is 124 Å². The molecular weight excluding hydrogens is 270 g/mol. The predicted octanol–water partition coefficient (Wildman–Crippen LogP) is 2.61. The molecule has 0 unspecified atom stereocenters. The molecule has 1 aliphatic rings. The number of benzene rings is 1. The average Bonchev–Trinajstić information content (AvgIpc) is 3.02. The van der Waals surface area contributed by atoms with E-state index in [0.717, 1.165) is 25.7 Å². The van der Waals surface area contributed by atoms with Crippen LogP contribution in [0.1, 0.15) is 25.7 Å². The van der Waals surface area contributed by atoms with E-state index in [1.165, 1.54) is 7.11 Å². The molecule has 0 aromatic heterocycles. The third-order valence-electron chi connectivity index (χ3n) is 3.97. The van der Waals surface area contributed by atoms with Crippen molar-refractivity contribution < 1.29 is 19.1 Å². The number of anilines is 1. The van der Waals surface area contributed by atoms with Gasteiger partial charge < -0.3 is 14.8 Å². The molecule has 0 radical (unpaired) electrons. The van der Waals surface area contributed by atoms with Crippen LogP contribution in [0.25, 0.3) is 0 Å². The van der Waals surface area contributed by atoms with Crippen molar-refractivity contribution in [2.24, 2.45) is 11.8 Å². The average molecular weight is 291 g/mol. The van der Waals surface area contributed by atoms with Gasteiger partial charge in [0.1, 0.15) is 11.7 Å². The molecule has 0 spiro atoms. The SMILES string of the molecule is COC(=O)[C@@H](C(=O)Nc1ccc(OC)cc1)C1CCCC1.